The summed E-state index contributed by atoms with van der Waals surface area (Å²) in [4.78, 5) is 31.2. The third-order valence-corrected chi connectivity index (χ3v) is 16.1. The minimum atomic E-state index is -0.291. The number of hydrogen-bond acceptors (Lipinski definition) is 7. The van der Waals surface area contributed by atoms with E-state index in [1.165, 1.54) is 22.3 Å². The Bertz CT molecular complexity index is 3820. The zero-order chi connectivity index (χ0) is 54.0. The molecule has 0 N–H and O–H groups in total. The third-order valence-electron chi connectivity index (χ3n) is 16.1. The van der Waals surface area contributed by atoms with Crippen molar-refractivity contribution in [1.29, 1.82) is 0 Å². The van der Waals surface area contributed by atoms with Gasteiger partial charge in [0.25, 0.3) is 0 Å². The lowest BCUT2D eigenvalue weighted by atomic mass is 9.73. The summed E-state index contributed by atoms with van der Waals surface area (Å²) in [7, 11) is 0. The van der Waals surface area contributed by atoms with E-state index in [1.807, 2.05) is 60.7 Å². The highest BCUT2D eigenvalue weighted by Crippen LogP contribution is 2.57. The van der Waals surface area contributed by atoms with E-state index in [1.54, 1.807) is 0 Å². The highest BCUT2D eigenvalue weighted by Gasteiger charge is 2.40. The molecule has 0 fully saturated rings. The number of anilines is 6. The summed E-state index contributed by atoms with van der Waals surface area (Å²) < 4.78 is 0. The van der Waals surface area contributed by atoms with E-state index in [0.29, 0.717) is 23.3 Å². The van der Waals surface area contributed by atoms with Crippen molar-refractivity contribution in [2.24, 2.45) is 0 Å². The predicted octanol–water partition coefficient (Wildman–Crippen LogP) is 18.5. The fourth-order valence-corrected chi connectivity index (χ4v) is 12.1. The first kappa shape index (κ1) is 48.3. The van der Waals surface area contributed by atoms with Gasteiger partial charge in [-0.25, -0.2) is 24.9 Å². The topological polar surface area (TPSA) is 70.9 Å². The van der Waals surface area contributed by atoms with Crippen LogP contribution in [0.15, 0.2) is 261 Å². The molecule has 10 aromatic carbocycles. The maximum absolute atomic E-state index is 5.40. The van der Waals surface area contributed by atoms with Gasteiger partial charge < -0.3 is 9.80 Å². The van der Waals surface area contributed by atoms with E-state index in [4.69, 9.17) is 24.9 Å². The molecule has 80 heavy (non-hydrogen) atoms. The molecule has 0 aliphatic carbocycles. The fraction of sp³-hybridized carbons (Fsp3) is 0.0822. The van der Waals surface area contributed by atoms with Crippen molar-refractivity contribution in [3.05, 3.63) is 283 Å². The molecule has 0 saturated carbocycles. The monoisotopic (exact) mass is 1030 g/mol. The minimum Gasteiger partial charge on any atom is -0.309 e. The zero-order valence-corrected chi connectivity index (χ0v) is 45.0. The number of nitrogens with zero attached hydrogens (tertiary/aromatic N) is 7. The summed E-state index contributed by atoms with van der Waals surface area (Å²) in [5.41, 5.74) is 20.1. The Labute approximate surface area is 467 Å². The first-order chi connectivity index (χ1) is 39.2. The maximum Gasteiger partial charge on any atom is 0.164 e. The Morgan fingerprint density at radius 1 is 0.237 bits per heavy atom. The highest BCUT2D eigenvalue weighted by atomic mass is 15.2. The number of benzene rings is 10. The van der Waals surface area contributed by atoms with E-state index in [-0.39, 0.29) is 10.8 Å². The van der Waals surface area contributed by atoms with E-state index < -0.39 is 0 Å². The number of aromatic nitrogens is 5. The lowest BCUT2D eigenvalue weighted by Gasteiger charge is -2.43. The van der Waals surface area contributed by atoms with Crippen LogP contribution in [0, 0.1) is 0 Å². The van der Waals surface area contributed by atoms with Gasteiger partial charge >= 0.3 is 0 Å². The summed E-state index contributed by atoms with van der Waals surface area (Å²) in [6.45, 7) is 9.36. The number of hydrogen-bond donors (Lipinski definition) is 0. The predicted molar refractivity (Wildman–Crippen MR) is 327 cm³/mol. The van der Waals surface area contributed by atoms with Crippen molar-refractivity contribution < 1.29 is 0 Å². The van der Waals surface area contributed by atoms with E-state index in [2.05, 4.69) is 238 Å². The molecule has 4 heterocycles. The lowest BCUT2D eigenvalue weighted by Crippen LogP contribution is -2.31. The van der Waals surface area contributed by atoms with Crippen LogP contribution in [0.4, 0.5) is 34.1 Å². The molecule has 12 aromatic rings. The van der Waals surface area contributed by atoms with Crippen molar-refractivity contribution in [2.75, 3.05) is 9.80 Å². The van der Waals surface area contributed by atoms with E-state index in [9.17, 15) is 0 Å². The van der Waals surface area contributed by atoms with Crippen molar-refractivity contribution in [3.8, 4) is 79.2 Å². The second-order valence-corrected chi connectivity index (χ2v) is 21.7. The average molecular weight is 1030 g/mol. The second-order valence-electron chi connectivity index (χ2n) is 21.7. The van der Waals surface area contributed by atoms with Crippen molar-refractivity contribution in [1.82, 2.24) is 24.9 Å². The molecule has 7 heteroatoms. The van der Waals surface area contributed by atoms with Gasteiger partial charge in [0.05, 0.1) is 45.5 Å². The van der Waals surface area contributed by atoms with E-state index >= 15 is 0 Å². The summed E-state index contributed by atoms with van der Waals surface area (Å²) in [6.07, 6.45) is 0. The standard InChI is InChI=1S/C73H55N7/c1-72(2)56-33-17-21-37-62(56)79(63-38-22-18-34-57(63)72)66-45-52(61-47-60(48-25-9-5-10-26-48)74-68(75-61)49-27-11-6-12-28-49)41-43-54(66)55-44-42-53(71-77-69(50-29-13-7-14-30-50)76-70(78-71)51-31-15-8-16-32-51)46-67(55)80-64-39-23-19-35-58(64)73(3,4)59-36-20-24-40-65(59)80/h5-47H,1-4H3. The lowest BCUT2D eigenvalue weighted by molar-refractivity contribution is 0.631. The second kappa shape index (κ2) is 19.4. The van der Waals surface area contributed by atoms with E-state index in [0.717, 1.165) is 90.0 Å². The molecule has 14 rings (SSSR count). The van der Waals surface area contributed by atoms with Crippen molar-refractivity contribution in [3.63, 3.8) is 0 Å². The SMILES string of the molecule is CC1(C)c2ccccc2N(c2cc(-c3cc(-c4ccccc4)nc(-c4ccccc4)n3)ccc2-c2ccc(-c3nc(-c4ccccc4)nc(-c4ccccc4)n3)cc2N2c3ccccc3C(C)(C)c3ccccc32)c2ccccc21. The fourth-order valence-electron chi connectivity index (χ4n) is 12.1. The van der Waals surface area contributed by atoms with Crippen LogP contribution in [0.1, 0.15) is 49.9 Å². The number of rotatable bonds is 9. The van der Waals surface area contributed by atoms with Gasteiger partial charge in [0.2, 0.25) is 0 Å². The third kappa shape index (κ3) is 8.25. The van der Waals surface area contributed by atoms with Crippen LogP contribution in [0.25, 0.3) is 79.2 Å². The molecule has 382 valence electrons. The van der Waals surface area contributed by atoms with Crippen LogP contribution in [0.5, 0.6) is 0 Å². The maximum atomic E-state index is 5.40. The summed E-state index contributed by atoms with van der Waals surface area (Å²) in [5.74, 6) is 2.45. The zero-order valence-electron chi connectivity index (χ0n) is 45.0. The molecular weight excluding hydrogens is 975 g/mol. The normalized spacial score (nSPS) is 13.7. The molecule has 0 saturated heterocycles. The summed E-state index contributed by atoms with van der Waals surface area (Å²) >= 11 is 0. The van der Waals surface area contributed by atoms with Crippen LogP contribution >= 0.6 is 0 Å². The largest absolute Gasteiger partial charge is 0.309 e. The number of para-hydroxylation sites is 4. The molecule has 2 aliphatic rings. The average Bonchev–Trinajstić information content (AvgIpc) is 3.10. The Morgan fingerprint density at radius 2 is 0.525 bits per heavy atom. The van der Waals surface area contributed by atoms with Gasteiger partial charge in [-0.3, -0.25) is 0 Å². The molecule has 0 amide bonds. The van der Waals surface area contributed by atoms with Gasteiger partial charge in [-0.15, -0.1) is 0 Å². The van der Waals surface area contributed by atoms with Crippen LogP contribution in [-0.4, -0.2) is 24.9 Å². The molecule has 0 atom stereocenters. The molecule has 0 unspecified atom stereocenters. The van der Waals surface area contributed by atoms with Crippen molar-refractivity contribution in [2.45, 2.75) is 38.5 Å². The summed E-state index contributed by atoms with van der Waals surface area (Å²) in [6, 6.07) is 92.3. The first-order valence-electron chi connectivity index (χ1n) is 27.3. The Kier molecular flexibility index (Phi) is 11.7. The van der Waals surface area contributed by atoms with Crippen molar-refractivity contribution >= 4 is 34.1 Å². The van der Waals surface area contributed by atoms with Gasteiger partial charge in [0.15, 0.2) is 23.3 Å². The highest BCUT2D eigenvalue weighted by molar-refractivity contribution is 6.01. The van der Waals surface area contributed by atoms with Crippen LogP contribution in [0.3, 0.4) is 0 Å². The summed E-state index contributed by atoms with van der Waals surface area (Å²) in [5, 5.41) is 0. The molecular formula is C73H55N7. The molecule has 2 aliphatic heterocycles. The first-order valence-corrected chi connectivity index (χ1v) is 27.3. The molecule has 0 radical (unpaired) electrons. The quantitative estimate of drug-likeness (QED) is 0.143. The van der Waals surface area contributed by atoms with Gasteiger partial charge in [-0.05, 0) is 64.7 Å². The van der Waals surface area contributed by atoms with Crippen LogP contribution in [0.2, 0.25) is 0 Å². The molecule has 2 aromatic heterocycles. The smallest absolute Gasteiger partial charge is 0.164 e. The van der Waals surface area contributed by atoms with Crippen LogP contribution in [-0.2, 0) is 10.8 Å². The molecule has 0 bridgehead atoms. The van der Waals surface area contributed by atoms with Gasteiger partial charge in [0, 0.05) is 55.3 Å². The molecule has 0 spiro atoms. The molecule has 7 nitrogen and oxygen atoms in total. The van der Waals surface area contributed by atoms with Gasteiger partial charge in [-0.2, -0.15) is 0 Å². The Balaban J connectivity index is 1.07. The van der Waals surface area contributed by atoms with Gasteiger partial charge in [0.1, 0.15) is 0 Å². The number of fused-ring (bicyclic) bond motifs is 4. The van der Waals surface area contributed by atoms with Gasteiger partial charge in [-0.1, -0.05) is 246 Å². The minimum absolute atomic E-state index is 0.286. The Hall–Kier alpha value is -10.1. The van der Waals surface area contributed by atoms with Crippen LogP contribution < -0.4 is 9.80 Å². The Morgan fingerprint density at radius 3 is 0.912 bits per heavy atom.